The number of rotatable bonds is 4. The lowest BCUT2D eigenvalue weighted by Gasteiger charge is -2.15. The molecule has 0 bridgehead atoms. The number of carboxylic acid groups (broad SMARTS) is 1. The Labute approximate surface area is 87.7 Å². The van der Waals surface area contributed by atoms with Crippen molar-refractivity contribution in [3.8, 4) is 0 Å². The highest BCUT2D eigenvalue weighted by Crippen LogP contribution is 2.22. The van der Waals surface area contributed by atoms with Gasteiger partial charge in [-0.05, 0) is 36.7 Å². The molecule has 82 valence electrons. The largest absolute Gasteiger partial charge is 0.481 e. The normalized spacial score (nSPS) is 12.5. The van der Waals surface area contributed by atoms with E-state index in [0.29, 0.717) is 0 Å². The smallest absolute Gasteiger partial charge is 0.304 e. The first kappa shape index (κ1) is 11.7. The van der Waals surface area contributed by atoms with Crippen LogP contribution in [0, 0.1) is 12.7 Å². The molecule has 0 fully saturated rings. The standard InChI is InChI=1S/C11H14FNO2/c1-7-4-9(12)2-3-10(7)8(6-13)5-11(14)15/h2-4,8H,5-6,13H2,1H3,(H,14,15). The molecule has 3 N–H and O–H groups in total. The maximum absolute atomic E-state index is 12.8. The molecule has 0 radical (unpaired) electrons. The number of carboxylic acids is 1. The van der Waals surface area contributed by atoms with Crippen molar-refractivity contribution >= 4 is 5.97 Å². The monoisotopic (exact) mass is 211 g/mol. The predicted molar refractivity (Wildman–Crippen MR) is 55.2 cm³/mol. The number of hydrogen-bond acceptors (Lipinski definition) is 2. The average Bonchev–Trinajstić information content (AvgIpc) is 2.14. The van der Waals surface area contributed by atoms with E-state index >= 15 is 0 Å². The minimum atomic E-state index is -0.894. The molecular weight excluding hydrogens is 197 g/mol. The molecule has 1 aromatic rings. The molecule has 0 spiro atoms. The fraction of sp³-hybridized carbons (Fsp3) is 0.364. The summed E-state index contributed by atoms with van der Waals surface area (Å²) in [5.74, 6) is -1.46. The number of aliphatic carboxylic acids is 1. The Kier molecular flexibility index (Phi) is 3.80. The van der Waals surface area contributed by atoms with Gasteiger partial charge in [0, 0.05) is 5.92 Å². The lowest BCUT2D eigenvalue weighted by Crippen LogP contribution is -2.17. The van der Waals surface area contributed by atoms with Crippen molar-refractivity contribution in [2.75, 3.05) is 6.54 Å². The van der Waals surface area contributed by atoms with E-state index in [1.165, 1.54) is 12.1 Å². The van der Waals surface area contributed by atoms with Gasteiger partial charge in [0.25, 0.3) is 0 Å². The van der Waals surface area contributed by atoms with Crippen molar-refractivity contribution in [1.82, 2.24) is 0 Å². The van der Waals surface area contributed by atoms with Crippen LogP contribution in [0.3, 0.4) is 0 Å². The molecule has 0 saturated carbocycles. The highest BCUT2D eigenvalue weighted by atomic mass is 19.1. The summed E-state index contributed by atoms with van der Waals surface area (Å²) in [6.45, 7) is 2.00. The summed E-state index contributed by atoms with van der Waals surface area (Å²) in [5, 5.41) is 8.69. The van der Waals surface area contributed by atoms with Crippen LogP contribution in [0.25, 0.3) is 0 Å². The van der Waals surface area contributed by atoms with E-state index in [1.807, 2.05) is 0 Å². The minimum absolute atomic E-state index is 0.0248. The number of benzene rings is 1. The zero-order chi connectivity index (χ0) is 11.4. The van der Waals surface area contributed by atoms with Gasteiger partial charge < -0.3 is 10.8 Å². The van der Waals surface area contributed by atoms with E-state index in [0.717, 1.165) is 11.1 Å². The van der Waals surface area contributed by atoms with Crippen molar-refractivity contribution in [2.45, 2.75) is 19.3 Å². The molecule has 3 nitrogen and oxygen atoms in total. The fourth-order valence-electron chi connectivity index (χ4n) is 1.63. The first-order valence-electron chi connectivity index (χ1n) is 4.72. The van der Waals surface area contributed by atoms with Crippen molar-refractivity contribution in [1.29, 1.82) is 0 Å². The second-order valence-electron chi connectivity index (χ2n) is 3.53. The van der Waals surface area contributed by atoms with Gasteiger partial charge in [0.2, 0.25) is 0 Å². The lowest BCUT2D eigenvalue weighted by atomic mass is 9.92. The average molecular weight is 211 g/mol. The van der Waals surface area contributed by atoms with Crippen molar-refractivity contribution in [3.05, 3.63) is 35.1 Å². The Bertz CT molecular complexity index is 366. The quantitative estimate of drug-likeness (QED) is 0.796. The first-order chi connectivity index (χ1) is 7.04. The minimum Gasteiger partial charge on any atom is -0.481 e. The van der Waals surface area contributed by atoms with Gasteiger partial charge >= 0.3 is 5.97 Å². The number of carbonyl (C=O) groups is 1. The molecule has 15 heavy (non-hydrogen) atoms. The third-order valence-electron chi connectivity index (χ3n) is 2.38. The number of aryl methyl sites for hydroxylation is 1. The SMILES string of the molecule is Cc1cc(F)ccc1C(CN)CC(=O)O. The maximum atomic E-state index is 12.8. The second kappa shape index (κ2) is 4.89. The molecule has 0 saturated heterocycles. The first-order valence-corrected chi connectivity index (χ1v) is 4.72. The molecule has 1 rings (SSSR count). The molecule has 1 aromatic carbocycles. The molecule has 0 aliphatic carbocycles. The summed E-state index contributed by atoms with van der Waals surface area (Å²) >= 11 is 0. The van der Waals surface area contributed by atoms with E-state index in [-0.39, 0.29) is 24.7 Å². The van der Waals surface area contributed by atoms with E-state index in [4.69, 9.17) is 10.8 Å². The molecule has 0 aromatic heterocycles. The summed E-state index contributed by atoms with van der Waals surface area (Å²) < 4.78 is 12.8. The van der Waals surface area contributed by atoms with Crippen molar-refractivity contribution in [3.63, 3.8) is 0 Å². The predicted octanol–water partition coefficient (Wildman–Crippen LogP) is 1.65. The summed E-state index contributed by atoms with van der Waals surface area (Å²) in [5.41, 5.74) is 7.05. The summed E-state index contributed by atoms with van der Waals surface area (Å²) in [6.07, 6.45) is -0.0248. The van der Waals surface area contributed by atoms with Crippen LogP contribution in [0.1, 0.15) is 23.5 Å². The Balaban J connectivity index is 2.96. The molecular formula is C11H14FNO2. The Morgan fingerprint density at radius 1 is 1.60 bits per heavy atom. The Morgan fingerprint density at radius 3 is 2.73 bits per heavy atom. The van der Waals surface area contributed by atoms with Gasteiger partial charge in [0.1, 0.15) is 5.82 Å². The van der Waals surface area contributed by atoms with Gasteiger partial charge in [0.05, 0.1) is 6.42 Å². The summed E-state index contributed by atoms with van der Waals surface area (Å²) in [4.78, 5) is 10.6. The van der Waals surface area contributed by atoms with Gasteiger partial charge in [-0.25, -0.2) is 4.39 Å². The van der Waals surface area contributed by atoms with E-state index in [2.05, 4.69) is 0 Å². The fourth-order valence-corrected chi connectivity index (χ4v) is 1.63. The van der Waals surface area contributed by atoms with Crippen LogP contribution in [0.4, 0.5) is 4.39 Å². The van der Waals surface area contributed by atoms with Crippen LogP contribution in [-0.4, -0.2) is 17.6 Å². The highest BCUT2D eigenvalue weighted by Gasteiger charge is 2.15. The van der Waals surface area contributed by atoms with Gasteiger partial charge in [-0.2, -0.15) is 0 Å². The van der Waals surface area contributed by atoms with Crippen LogP contribution in [-0.2, 0) is 4.79 Å². The van der Waals surface area contributed by atoms with Crippen LogP contribution < -0.4 is 5.73 Å². The van der Waals surface area contributed by atoms with Gasteiger partial charge in [0.15, 0.2) is 0 Å². The highest BCUT2D eigenvalue weighted by molar-refractivity contribution is 5.68. The van der Waals surface area contributed by atoms with Crippen molar-refractivity contribution < 1.29 is 14.3 Å². The molecule has 4 heteroatoms. The Hall–Kier alpha value is -1.42. The molecule has 0 aliphatic rings. The molecule has 0 aliphatic heterocycles. The number of halogens is 1. The van der Waals surface area contributed by atoms with Gasteiger partial charge in [-0.1, -0.05) is 6.07 Å². The topological polar surface area (TPSA) is 63.3 Å². The summed E-state index contributed by atoms with van der Waals surface area (Å²) in [6, 6.07) is 4.32. The molecule has 1 unspecified atom stereocenters. The van der Waals surface area contributed by atoms with Crippen molar-refractivity contribution in [2.24, 2.45) is 5.73 Å². The third-order valence-corrected chi connectivity index (χ3v) is 2.38. The third kappa shape index (κ3) is 3.02. The van der Waals surface area contributed by atoms with Crippen LogP contribution in [0.2, 0.25) is 0 Å². The van der Waals surface area contributed by atoms with E-state index < -0.39 is 5.97 Å². The van der Waals surface area contributed by atoms with E-state index in [9.17, 15) is 9.18 Å². The van der Waals surface area contributed by atoms with Crippen LogP contribution in [0.15, 0.2) is 18.2 Å². The van der Waals surface area contributed by atoms with Crippen LogP contribution >= 0.6 is 0 Å². The molecule has 1 atom stereocenters. The molecule has 0 heterocycles. The lowest BCUT2D eigenvalue weighted by molar-refractivity contribution is -0.137. The Morgan fingerprint density at radius 2 is 2.27 bits per heavy atom. The zero-order valence-corrected chi connectivity index (χ0v) is 8.53. The van der Waals surface area contributed by atoms with Gasteiger partial charge in [-0.3, -0.25) is 4.79 Å². The zero-order valence-electron chi connectivity index (χ0n) is 8.53. The van der Waals surface area contributed by atoms with Gasteiger partial charge in [-0.15, -0.1) is 0 Å². The van der Waals surface area contributed by atoms with Crippen LogP contribution in [0.5, 0.6) is 0 Å². The van der Waals surface area contributed by atoms with E-state index in [1.54, 1.807) is 13.0 Å². The maximum Gasteiger partial charge on any atom is 0.304 e. The number of hydrogen-bond donors (Lipinski definition) is 2. The summed E-state index contributed by atoms with van der Waals surface area (Å²) in [7, 11) is 0. The number of nitrogens with two attached hydrogens (primary N) is 1. The second-order valence-corrected chi connectivity index (χ2v) is 3.53. The molecule has 0 amide bonds.